The summed E-state index contributed by atoms with van der Waals surface area (Å²) in [6.07, 6.45) is 3.38. The molecule has 2 fully saturated rings. The van der Waals surface area contributed by atoms with Crippen LogP contribution in [0.25, 0.3) is 0 Å². The van der Waals surface area contributed by atoms with Gasteiger partial charge in [0.15, 0.2) is 0 Å². The maximum atomic E-state index is 11.3. The zero-order valence-electron chi connectivity index (χ0n) is 7.62. The van der Waals surface area contributed by atoms with Gasteiger partial charge in [-0.2, -0.15) is 0 Å². The van der Waals surface area contributed by atoms with Gasteiger partial charge in [0, 0.05) is 5.54 Å². The minimum absolute atomic E-state index is 0.0174. The fourth-order valence-corrected chi connectivity index (χ4v) is 1.60. The van der Waals surface area contributed by atoms with E-state index < -0.39 is 0 Å². The zero-order valence-corrected chi connectivity index (χ0v) is 7.62. The Hall–Kier alpha value is -0.610. The highest BCUT2D eigenvalue weighted by atomic mass is 16.6. The fraction of sp³-hybridized carbons (Fsp3) is 0.889. The molecule has 2 aliphatic rings. The maximum absolute atomic E-state index is 11.3. The molecule has 1 aliphatic heterocycles. The van der Waals surface area contributed by atoms with Gasteiger partial charge in [0.2, 0.25) is 0 Å². The molecule has 0 spiro atoms. The number of nitrogens with two attached hydrogens (primary N) is 1. The van der Waals surface area contributed by atoms with Crippen LogP contribution in [0.4, 0.5) is 0 Å². The van der Waals surface area contributed by atoms with Gasteiger partial charge in [-0.25, -0.2) is 0 Å². The van der Waals surface area contributed by atoms with Crippen molar-refractivity contribution in [1.29, 1.82) is 0 Å². The first kappa shape index (κ1) is 8.97. The third-order valence-electron chi connectivity index (χ3n) is 2.75. The van der Waals surface area contributed by atoms with Crippen LogP contribution in [0, 0.1) is 0 Å². The van der Waals surface area contributed by atoms with Gasteiger partial charge < -0.3 is 15.2 Å². The van der Waals surface area contributed by atoms with E-state index in [0.29, 0.717) is 19.6 Å². The molecule has 1 heterocycles. The van der Waals surface area contributed by atoms with Crippen molar-refractivity contribution in [2.24, 2.45) is 5.73 Å². The summed E-state index contributed by atoms with van der Waals surface area (Å²) in [7, 11) is 0. The fourth-order valence-electron chi connectivity index (χ4n) is 1.60. The Kier molecular flexibility index (Phi) is 2.26. The van der Waals surface area contributed by atoms with E-state index in [1.807, 2.05) is 0 Å². The molecule has 0 aromatic carbocycles. The Balaban J connectivity index is 1.71. The Labute approximate surface area is 77.4 Å². The highest BCUT2D eigenvalue weighted by molar-refractivity contribution is 5.71. The first-order valence-corrected chi connectivity index (χ1v) is 4.74. The summed E-state index contributed by atoms with van der Waals surface area (Å²) in [5, 5.41) is 0. The van der Waals surface area contributed by atoms with E-state index in [1.165, 1.54) is 0 Å². The summed E-state index contributed by atoms with van der Waals surface area (Å²) in [4.78, 5) is 11.3. The highest BCUT2D eigenvalue weighted by Crippen LogP contribution is 2.32. The molecule has 2 N–H and O–H groups in total. The molecule has 1 saturated heterocycles. The number of carbonyl (C=O) groups excluding carboxylic acids is 1. The average molecular weight is 185 g/mol. The Morgan fingerprint density at radius 1 is 1.54 bits per heavy atom. The largest absolute Gasteiger partial charge is 0.457 e. The third-order valence-corrected chi connectivity index (χ3v) is 2.75. The number of hydrogen-bond acceptors (Lipinski definition) is 4. The zero-order chi connectivity index (χ0) is 9.31. The summed E-state index contributed by atoms with van der Waals surface area (Å²) < 4.78 is 10.0. The molecule has 1 aliphatic carbocycles. The van der Waals surface area contributed by atoms with Gasteiger partial charge in [0.1, 0.15) is 6.10 Å². The molecule has 13 heavy (non-hydrogen) atoms. The standard InChI is InChI=1S/C9H15NO3/c10-9(2-1-3-9)4-8(11)13-7-5-12-6-7/h7H,1-6,10H2. The second kappa shape index (κ2) is 3.27. The van der Waals surface area contributed by atoms with Gasteiger partial charge in [-0.3, -0.25) is 4.79 Å². The van der Waals surface area contributed by atoms with Crippen LogP contribution in [0.15, 0.2) is 0 Å². The van der Waals surface area contributed by atoms with Gasteiger partial charge >= 0.3 is 5.97 Å². The average Bonchev–Trinajstić information content (AvgIpc) is 1.94. The maximum Gasteiger partial charge on any atom is 0.308 e. The number of rotatable bonds is 3. The van der Waals surface area contributed by atoms with Crippen molar-refractivity contribution < 1.29 is 14.3 Å². The number of hydrogen-bond donors (Lipinski definition) is 1. The molecule has 4 nitrogen and oxygen atoms in total. The van der Waals surface area contributed by atoms with Crippen molar-refractivity contribution in [3.63, 3.8) is 0 Å². The predicted octanol–water partition coefficient (Wildman–Crippen LogP) is 0.200. The molecule has 2 rings (SSSR count). The van der Waals surface area contributed by atoms with E-state index in [1.54, 1.807) is 0 Å². The lowest BCUT2D eigenvalue weighted by molar-refractivity contribution is -0.174. The summed E-state index contributed by atoms with van der Waals surface area (Å²) in [5.74, 6) is -0.171. The molecular weight excluding hydrogens is 170 g/mol. The normalized spacial score (nSPS) is 25.9. The van der Waals surface area contributed by atoms with Crippen LogP contribution >= 0.6 is 0 Å². The Bertz CT molecular complexity index is 209. The van der Waals surface area contributed by atoms with Crippen molar-refractivity contribution in [1.82, 2.24) is 0 Å². The molecule has 1 saturated carbocycles. The van der Waals surface area contributed by atoms with E-state index in [4.69, 9.17) is 15.2 Å². The Morgan fingerprint density at radius 3 is 2.62 bits per heavy atom. The quantitative estimate of drug-likeness (QED) is 0.638. The van der Waals surface area contributed by atoms with E-state index in [2.05, 4.69) is 0 Å². The van der Waals surface area contributed by atoms with Gasteiger partial charge in [0.25, 0.3) is 0 Å². The molecule has 0 amide bonds. The van der Waals surface area contributed by atoms with Crippen LogP contribution in [0.5, 0.6) is 0 Å². The highest BCUT2D eigenvalue weighted by Gasteiger charge is 2.36. The topological polar surface area (TPSA) is 61.6 Å². The van der Waals surface area contributed by atoms with Gasteiger partial charge in [-0.1, -0.05) is 0 Å². The predicted molar refractivity (Wildman–Crippen MR) is 46.1 cm³/mol. The molecular formula is C9H15NO3. The van der Waals surface area contributed by atoms with Crippen LogP contribution in [0.2, 0.25) is 0 Å². The summed E-state index contributed by atoms with van der Waals surface area (Å²) in [6, 6.07) is 0. The van der Waals surface area contributed by atoms with Gasteiger partial charge in [-0.05, 0) is 19.3 Å². The van der Waals surface area contributed by atoms with Crippen LogP contribution < -0.4 is 5.73 Å². The van der Waals surface area contributed by atoms with Crippen LogP contribution in [-0.4, -0.2) is 30.8 Å². The second-order valence-electron chi connectivity index (χ2n) is 4.04. The number of carbonyl (C=O) groups is 1. The number of ether oxygens (including phenoxy) is 2. The van der Waals surface area contributed by atoms with Crippen molar-refractivity contribution in [2.45, 2.75) is 37.3 Å². The first-order valence-electron chi connectivity index (χ1n) is 4.74. The van der Waals surface area contributed by atoms with Gasteiger partial charge in [0.05, 0.1) is 19.6 Å². The van der Waals surface area contributed by atoms with E-state index in [-0.39, 0.29) is 17.6 Å². The van der Waals surface area contributed by atoms with Crippen molar-refractivity contribution in [2.75, 3.05) is 13.2 Å². The Morgan fingerprint density at radius 2 is 2.23 bits per heavy atom. The van der Waals surface area contributed by atoms with E-state index in [0.717, 1.165) is 19.3 Å². The molecule has 4 heteroatoms. The molecule has 0 bridgehead atoms. The van der Waals surface area contributed by atoms with Crippen molar-refractivity contribution >= 4 is 5.97 Å². The summed E-state index contributed by atoms with van der Waals surface area (Å²) in [5.41, 5.74) is 5.64. The lowest BCUT2D eigenvalue weighted by Gasteiger charge is -2.37. The minimum atomic E-state index is -0.262. The molecule has 0 atom stereocenters. The smallest absolute Gasteiger partial charge is 0.308 e. The van der Waals surface area contributed by atoms with Crippen molar-refractivity contribution in [3.05, 3.63) is 0 Å². The third kappa shape index (κ3) is 2.00. The van der Waals surface area contributed by atoms with Crippen LogP contribution in [-0.2, 0) is 14.3 Å². The molecule has 0 radical (unpaired) electrons. The van der Waals surface area contributed by atoms with Crippen LogP contribution in [0.3, 0.4) is 0 Å². The lowest BCUT2D eigenvalue weighted by atomic mass is 9.75. The van der Waals surface area contributed by atoms with Crippen LogP contribution in [0.1, 0.15) is 25.7 Å². The van der Waals surface area contributed by atoms with E-state index in [9.17, 15) is 4.79 Å². The lowest BCUT2D eigenvalue weighted by Crippen LogP contribution is -2.49. The molecule has 0 aromatic heterocycles. The monoisotopic (exact) mass is 185 g/mol. The number of esters is 1. The van der Waals surface area contributed by atoms with Crippen molar-refractivity contribution in [3.8, 4) is 0 Å². The second-order valence-corrected chi connectivity index (χ2v) is 4.04. The molecule has 0 unspecified atom stereocenters. The SMILES string of the molecule is NC1(CC(=O)OC2COC2)CCC1. The first-order chi connectivity index (χ1) is 6.18. The molecule has 74 valence electrons. The van der Waals surface area contributed by atoms with Gasteiger partial charge in [-0.15, -0.1) is 0 Å². The van der Waals surface area contributed by atoms with E-state index >= 15 is 0 Å². The summed E-state index contributed by atoms with van der Waals surface area (Å²) >= 11 is 0. The molecule has 0 aromatic rings. The summed E-state index contributed by atoms with van der Waals surface area (Å²) in [6.45, 7) is 1.09. The minimum Gasteiger partial charge on any atom is -0.457 e.